The first kappa shape index (κ1) is 21.4. The number of carbonyl (C=O) groups excluding carboxylic acids is 2. The van der Waals surface area contributed by atoms with Crippen LogP contribution in [0.2, 0.25) is 10.3 Å². The number of piperazine rings is 1. The molecule has 0 saturated carbocycles. The molecular weight excluding hydrogens is 413 g/mol. The van der Waals surface area contributed by atoms with Gasteiger partial charge in [0, 0.05) is 31.7 Å². The lowest BCUT2D eigenvalue weighted by molar-refractivity contribution is -0.139. The standard InChI is InChI=1S/C21H23Cl2N3O3/c1-3-15-4-6-17(7-5-15)29-14(2)20(27)25-8-10-26(11-9-25)21(28)16-12-18(22)24-19(23)13-16/h4-7,12-14H,3,8-11H2,1-2H3. The molecule has 1 aliphatic rings. The van der Waals surface area contributed by atoms with Gasteiger partial charge in [0.15, 0.2) is 6.10 Å². The van der Waals surface area contributed by atoms with Gasteiger partial charge in [0.2, 0.25) is 0 Å². The average Bonchev–Trinajstić information content (AvgIpc) is 2.72. The molecule has 2 aromatic rings. The van der Waals surface area contributed by atoms with Gasteiger partial charge in [-0.05, 0) is 43.2 Å². The molecule has 0 aliphatic carbocycles. The van der Waals surface area contributed by atoms with Gasteiger partial charge in [0.05, 0.1) is 0 Å². The van der Waals surface area contributed by atoms with Crippen LogP contribution in [0.1, 0.15) is 29.8 Å². The number of benzene rings is 1. The summed E-state index contributed by atoms with van der Waals surface area (Å²) in [5.41, 5.74) is 1.61. The molecule has 1 saturated heterocycles. The van der Waals surface area contributed by atoms with Crippen molar-refractivity contribution in [1.82, 2.24) is 14.8 Å². The fraction of sp³-hybridized carbons (Fsp3) is 0.381. The van der Waals surface area contributed by atoms with E-state index in [1.807, 2.05) is 24.3 Å². The summed E-state index contributed by atoms with van der Waals surface area (Å²) in [5, 5.41) is 0.347. The maximum Gasteiger partial charge on any atom is 0.263 e. The van der Waals surface area contributed by atoms with Crippen molar-refractivity contribution < 1.29 is 14.3 Å². The number of amides is 2. The van der Waals surface area contributed by atoms with Crippen molar-refractivity contribution in [2.24, 2.45) is 0 Å². The molecule has 8 heteroatoms. The Kier molecular flexibility index (Phi) is 6.98. The van der Waals surface area contributed by atoms with Crippen LogP contribution in [0.3, 0.4) is 0 Å². The number of pyridine rings is 1. The van der Waals surface area contributed by atoms with Crippen molar-refractivity contribution in [2.45, 2.75) is 26.4 Å². The molecule has 1 atom stereocenters. The molecule has 2 heterocycles. The fourth-order valence-electron chi connectivity index (χ4n) is 3.22. The quantitative estimate of drug-likeness (QED) is 0.671. The summed E-state index contributed by atoms with van der Waals surface area (Å²) in [6.45, 7) is 5.58. The molecule has 1 aliphatic heterocycles. The number of ether oxygens (including phenoxy) is 1. The summed E-state index contributed by atoms with van der Waals surface area (Å²) >= 11 is 11.8. The summed E-state index contributed by atoms with van der Waals surface area (Å²) < 4.78 is 5.79. The van der Waals surface area contributed by atoms with E-state index < -0.39 is 6.10 Å². The zero-order valence-corrected chi connectivity index (χ0v) is 17.9. The molecular formula is C21H23Cl2N3O3. The molecule has 1 aromatic carbocycles. The van der Waals surface area contributed by atoms with Crippen LogP contribution < -0.4 is 4.74 Å². The lowest BCUT2D eigenvalue weighted by atomic mass is 10.2. The lowest BCUT2D eigenvalue weighted by Crippen LogP contribution is -2.53. The van der Waals surface area contributed by atoms with Gasteiger partial charge in [-0.2, -0.15) is 0 Å². The van der Waals surface area contributed by atoms with Crippen LogP contribution in [0.4, 0.5) is 0 Å². The monoisotopic (exact) mass is 435 g/mol. The molecule has 154 valence electrons. The van der Waals surface area contributed by atoms with Gasteiger partial charge in [0.1, 0.15) is 16.1 Å². The molecule has 0 N–H and O–H groups in total. The summed E-state index contributed by atoms with van der Waals surface area (Å²) in [7, 11) is 0. The van der Waals surface area contributed by atoms with Crippen molar-refractivity contribution in [3.8, 4) is 5.75 Å². The molecule has 29 heavy (non-hydrogen) atoms. The van der Waals surface area contributed by atoms with Crippen molar-refractivity contribution >= 4 is 35.0 Å². The van der Waals surface area contributed by atoms with Crippen LogP contribution in [0.25, 0.3) is 0 Å². The predicted octanol–water partition coefficient (Wildman–Crippen LogP) is 3.70. The second-order valence-corrected chi connectivity index (χ2v) is 7.65. The highest BCUT2D eigenvalue weighted by atomic mass is 35.5. The van der Waals surface area contributed by atoms with Gasteiger partial charge in [0.25, 0.3) is 11.8 Å². The van der Waals surface area contributed by atoms with Gasteiger partial charge in [-0.25, -0.2) is 4.98 Å². The third kappa shape index (κ3) is 5.40. The Morgan fingerprint density at radius 2 is 1.59 bits per heavy atom. The Morgan fingerprint density at radius 3 is 2.14 bits per heavy atom. The predicted molar refractivity (Wildman–Crippen MR) is 113 cm³/mol. The van der Waals surface area contributed by atoms with Gasteiger partial charge in [-0.3, -0.25) is 9.59 Å². The van der Waals surface area contributed by atoms with E-state index >= 15 is 0 Å². The van der Waals surface area contributed by atoms with Crippen LogP contribution in [0.15, 0.2) is 36.4 Å². The van der Waals surface area contributed by atoms with Crippen LogP contribution in [-0.2, 0) is 11.2 Å². The van der Waals surface area contributed by atoms with E-state index in [0.29, 0.717) is 37.5 Å². The smallest absolute Gasteiger partial charge is 0.263 e. The minimum absolute atomic E-state index is 0.0910. The zero-order valence-electron chi connectivity index (χ0n) is 16.4. The van der Waals surface area contributed by atoms with Crippen molar-refractivity contribution in [2.75, 3.05) is 26.2 Å². The third-order valence-corrected chi connectivity index (χ3v) is 5.27. The summed E-state index contributed by atoms with van der Waals surface area (Å²) in [6.07, 6.45) is 0.359. The Bertz CT molecular complexity index is 861. The minimum atomic E-state index is -0.595. The van der Waals surface area contributed by atoms with Crippen LogP contribution >= 0.6 is 23.2 Å². The SMILES string of the molecule is CCc1ccc(OC(C)C(=O)N2CCN(C(=O)c3cc(Cl)nc(Cl)c3)CC2)cc1. The first-order chi connectivity index (χ1) is 13.9. The van der Waals surface area contributed by atoms with E-state index in [9.17, 15) is 9.59 Å². The topological polar surface area (TPSA) is 62.7 Å². The number of carbonyl (C=O) groups is 2. The highest BCUT2D eigenvalue weighted by Gasteiger charge is 2.28. The van der Waals surface area contributed by atoms with Gasteiger partial charge in [-0.1, -0.05) is 42.3 Å². The first-order valence-electron chi connectivity index (χ1n) is 9.54. The molecule has 0 spiro atoms. The number of aromatic nitrogens is 1. The highest BCUT2D eigenvalue weighted by Crippen LogP contribution is 2.18. The average molecular weight is 436 g/mol. The first-order valence-corrected chi connectivity index (χ1v) is 10.3. The number of rotatable bonds is 5. The second kappa shape index (κ2) is 9.46. The molecule has 6 nitrogen and oxygen atoms in total. The van der Waals surface area contributed by atoms with Crippen molar-refractivity contribution in [3.05, 3.63) is 57.8 Å². The fourth-order valence-corrected chi connectivity index (χ4v) is 3.68. The molecule has 3 rings (SSSR count). The maximum atomic E-state index is 12.7. The Hall–Kier alpha value is -2.31. The molecule has 0 bridgehead atoms. The van der Waals surface area contributed by atoms with Gasteiger partial charge in [-0.15, -0.1) is 0 Å². The second-order valence-electron chi connectivity index (χ2n) is 6.88. The van der Waals surface area contributed by atoms with E-state index in [4.69, 9.17) is 27.9 Å². The molecule has 1 fully saturated rings. The van der Waals surface area contributed by atoms with E-state index in [-0.39, 0.29) is 22.1 Å². The summed E-state index contributed by atoms with van der Waals surface area (Å²) in [6, 6.07) is 10.7. The Balaban J connectivity index is 1.55. The highest BCUT2D eigenvalue weighted by molar-refractivity contribution is 6.33. The number of hydrogen-bond acceptors (Lipinski definition) is 4. The summed E-state index contributed by atoms with van der Waals surface area (Å²) in [4.78, 5) is 32.6. The molecule has 2 amide bonds. The Morgan fingerprint density at radius 1 is 1.03 bits per heavy atom. The van der Waals surface area contributed by atoms with E-state index in [1.165, 1.54) is 17.7 Å². The van der Waals surface area contributed by atoms with Crippen LogP contribution in [0.5, 0.6) is 5.75 Å². The molecule has 1 aromatic heterocycles. The number of aryl methyl sites for hydroxylation is 1. The number of halogens is 2. The lowest BCUT2D eigenvalue weighted by Gasteiger charge is -2.36. The molecule has 1 unspecified atom stereocenters. The van der Waals surface area contributed by atoms with Crippen LogP contribution in [-0.4, -0.2) is 58.9 Å². The molecule has 0 radical (unpaired) electrons. The normalized spacial score (nSPS) is 15.2. The van der Waals surface area contributed by atoms with E-state index in [0.717, 1.165) is 6.42 Å². The summed E-state index contributed by atoms with van der Waals surface area (Å²) in [5.74, 6) is 0.401. The maximum absolute atomic E-state index is 12.7. The van der Waals surface area contributed by atoms with Crippen LogP contribution in [0, 0.1) is 0 Å². The minimum Gasteiger partial charge on any atom is -0.481 e. The number of hydrogen-bond donors (Lipinski definition) is 0. The van der Waals surface area contributed by atoms with Crippen molar-refractivity contribution in [3.63, 3.8) is 0 Å². The van der Waals surface area contributed by atoms with E-state index in [1.54, 1.807) is 16.7 Å². The van der Waals surface area contributed by atoms with E-state index in [2.05, 4.69) is 11.9 Å². The van der Waals surface area contributed by atoms with Gasteiger partial charge < -0.3 is 14.5 Å². The Labute approximate surface area is 180 Å². The zero-order chi connectivity index (χ0) is 21.0. The van der Waals surface area contributed by atoms with Crippen molar-refractivity contribution in [1.29, 1.82) is 0 Å². The number of nitrogens with zero attached hydrogens (tertiary/aromatic N) is 3. The van der Waals surface area contributed by atoms with Gasteiger partial charge >= 0.3 is 0 Å². The third-order valence-electron chi connectivity index (χ3n) is 4.88. The largest absolute Gasteiger partial charge is 0.481 e.